The summed E-state index contributed by atoms with van der Waals surface area (Å²) in [6, 6.07) is 27.1. The van der Waals surface area contributed by atoms with Crippen molar-refractivity contribution < 1.29 is 4.79 Å². The zero-order valence-corrected chi connectivity index (χ0v) is 17.3. The molecule has 2 aromatic heterocycles. The first-order valence-electron chi connectivity index (χ1n) is 10.5. The van der Waals surface area contributed by atoms with Gasteiger partial charge in [0.1, 0.15) is 11.4 Å². The van der Waals surface area contributed by atoms with Crippen LogP contribution in [0.25, 0.3) is 21.8 Å². The van der Waals surface area contributed by atoms with E-state index in [0.29, 0.717) is 23.9 Å². The molecule has 0 aliphatic carbocycles. The van der Waals surface area contributed by atoms with Crippen LogP contribution in [-0.4, -0.2) is 15.8 Å². The monoisotopic (exact) mass is 419 g/mol. The summed E-state index contributed by atoms with van der Waals surface area (Å²) in [5.41, 5.74) is 4.16. The van der Waals surface area contributed by atoms with Crippen LogP contribution < -0.4 is 10.9 Å². The predicted octanol–water partition coefficient (Wildman–Crippen LogP) is 5.17. The Morgan fingerprint density at radius 1 is 0.781 bits per heavy atom. The van der Waals surface area contributed by atoms with Gasteiger partial charge >= 0.3 is 0 Å². The predicted molar refractivity (Wildman–Crippen MR) is 128 cm³/mol. The summed E-state index contributed by atoms with van der Waals surface area (Å²) in [7, 11) is 0. The van der Waals surface area contributed by atoms with Gasteiger partial charge in [-0.05, 0) is 35.4 Å². The van der Waals surface area contributed by atoms with Crippen molar-refractivity contribution in [3.63, 3.8) is 0 Å². The van der Waals surface area contributed by atoms with Crippen LogP contribution >= 0.6 is 0 Å². The lowest BCUT2D eigenvalue weighted by molar-refractivity contribution is -0.117. The second-order valence-corrected chi connectivity index (χ2v) is 7.78. The molecule has 0 atom stereocenters. The van der Waals surface area contributed by atoms with E-state index >= 15 is 0 Å². The second-order valence-electron chi connectivity index (χ2n) is 7.78. The van der Waals surface area contributed by atoms with Crippen molar-refractivity contribution in [2.45, 2.75) is 12.8 Å². The number of ketones is 1. The number of hydrogen-bond acceptors (Lipinski definition) is 4. The van der Waals surface area contributed by atoms with E-state index < -0.39 is 0 Å². The van der Waals surface area contributed by atoms with Crippen LogP contribution in [0.5, 0.6) is 0 Å². The third-order valence-electron chi connectivity index (χ3n) is 5.50. The molecule has 0 amide bonds. The maximum atomic E-state index is 12.4. The zero-order valence-electron chi connectivity index (χ0n) is 17.3. The zero-order chi connectivity index (χ0) is 21.9. The van der Waals surface area contributed by atoms with Crippen molar-refractivity contribution in [1.29, 1.82) is 0 Å². The van der Waals surface area contributed by atoms with E-state index in [2.05, 4.69) is 15.3 Å². The summed E-state index contributed by atoms with van der Waals surface area (Å²) < 4.78 is 0. The first-order valence-corrected chi connectivity index (χ1v) is 10.5. The largest absolute Gasteiger partial charge is 0.355 e. The molecule has 0 unspecified atom stereocenters. The van der Waals surface area contributed by atoms with E-state index in [-0.39, 0.29) is 11.3 Å². The number of aromatic nitrogens is 2. The van der Waals surface area contributed by atoms with Gasteiger partial charge in [0.05, 0.1) is 5.69 Å². The highest BCUT2D eigenvalue weighted by Crippen LogP contribution is 2.29. The molecule has 2 heterocycles. The van der Waals surface area contributed by atoms with Gasteiger partial charge in [-0.2, -0.15) is 0 Å². The molecule has 0 aliphatic heterocycles. The average Bonchev–Trinajstić information content (AvgIpc) is 2.81. The fourth-order valence-electron chi connectivity index (χ4n) is 3.98. The molecule has 156 valence electrons. The summed E-state index contributed by atoms with van der Waals surface area (Å²) in [6.07, 6.45) is 2.51. The van der Waals surface area contributed by atoms with Gasteiger partial charge in [-0.25, -0.2) is 4.98 Å². The molecule has 5 heteroatoms. The van der Waals surface area contributed by atoms with Crippen molar-refractivity contribution in [1.82, 2.24) is 9.97 Å². The van der Waals surface area contributed by atoms with Gasteiger partial charge in [-0.3, -0.25) is 9.59 Å². The van der Waals surface area contributed by atoms with Gasteiger partial charge < -0.3 is 10.3 Å². The summed E-state index contributed by atoms with van der Waals surface area (Å²) >= 11 is 0. The Bertz CT molecular complexity index is 1470. The molecule has 32 heavy (non-hydrogen) atoms. The lowest BCUT2D eigenvalue weighted by Crippen LogP contribution is -2.08. The molecular weight excluding hydrogens is 398 g/mol. The molecule has 0 saturated carbocycles. The third-order valence-corrected chi connectivity index (χ3v) is 5.50. The molecule has 5 aromatic rings. The van der Waals surface area contributed by atoms with Crippen LogP contribution in [0.3, 0.4) is 0 Å². The molecule has 0 radical (unpaired) electrons. The standard InChI is InChI=1S/C27H21N3O2/c31-21(16-18-6-2-1-3-7-18)17-19-10-12-20(13-11-19)29-24-14-15-28-26-25(24)22-8-4-5-9-23(22)27(32)30-26/h1-15H,16-17H2,(H2,28,29,30,32). The van der Waals surface area contributed by atoms with E-state index in [1.807, 2.05) is 84.9 Å². The van der Waals surface area contributed by atoms with Crippen LogP contribution in [-0.2, 0) is 17.6 Å². The van der Waals surface area contributed by atoms with Gasteiger partial charge in [-0.15, -0.1) is 0 Å². The highest BCUT2D eigenvalue weighted by molar-refractivity contribution is 6.10. The van der Waals surface area contributed by atoms with Crippen molar-refractivity contribution in [3.05, 3.63) is 113 Å². The molecule has 0 fully saturated rings. The topological polar surface area (TPSA) is 74.8 Å². The van der Waals surface area contributed by atoms with Gasteiger partial charge in [0.15, 0.2) is 0 Å². The maximum absolute atomic E-state index is 12.4. The second kappa shape index (κ2) is 8.47. The average molecular weight is 419 g/mol. The molecule has 5 rings (SSSR count). The van der Waals surface area contributed by atoms with E-state index in [1.54, 1.807) is 6.20 Å². The number of hydrogen-bond donors (Lipinski definition) is 2. The highest BCUT2D eigenvalue weighted by Gasteiger charge is 2.10. The molecule has 2 N–H and O–H groups in total. The van der Waals surface area contributed by atoms with Crippen LogP contribution in [0.2, 0.25) is 0 Å². The first kappa shape index (κ1) is 19.7. The summed E-state index contributed by atoms with van der Waals surface area (Å²) in [5, 5.41) is 5.78. The minimum Gasteiger partial charge on any atom is -0.355 e. The Morgan fingerprint density at radius 3 is 2.19 bits per heavy atom. The Morgan fingerprint density at radius 2 is 1.44 bits per heavy atom. The number of nitrogens with one attached hydrogen (secondary N) is 2. The summed E-state index contributed by atoms with van der Waals surface area (Å²) in [4.78, 5) is 32.0. The van der Waals surface area contributed by atoms with Gasteiger partial charge in [-0.1, -0.05) is 60.7 Å². The Hall–Kier alpha value is -4.25. The van der Waals surface area contributed by atoms with Crippen LogP contribution in [0, 0.1) is 0 Å². The molecule has 0 saturated heterocycles. The lowest BCUT2D eigenvalue weighted by atomic mass is 10.0. The normalized spacial score (nSPS) is 11.0. The van der Waals surface area contributed by atoms with Crippen molar-refractivity contribution in [2.75, 3.05) is 5.32 Å². The number of Topliss-reactive ketones (excluding diaryl/α,β-unsaturated/α-hetero) is 1. The van der Waals surface area contributed by atoms with E-state index in [1.165, 1.54) is 0 Å². The van der Waals surface area contributed by atoms with Crippen LogP contribution in [0.1, 0.15) is 11.1 Å². The summed E-state index contributed by atoms with van der Waals surface area (Å²) in [5.74, 6) is 0.187. The molecule has 0 bridgehead atoms. The number of nitrogens with zero attached hydrogens (tertiary/aromatic N) is 1. The van der Waals surface area contributed by atoms with Gasteiger partial charge in [0.25, 0.3) is 5.56 Å². The number of H-pyrrole nitrogens is 1. The maximum Gasteiger partial charge on any atom is 0.257 e. The molecule has 0 spiro atoms. The number of carbonyl (C=O) groups is 1. The minimum atomic E-state index is -0.151. The number of aromatic amines is 1. The Kier molecular flexibility index (Phi) is 5.22. The number of fused-ring (bicyclic) bond motifs is 3. The highest BCUT2D eigenvalue weighted by atomic mass is 16.1. The van der Waals surface area contributed by atoms with Crippen LogP contribution in [0.4, 0.5) is 11.4 Å². The Balaban J connectivity index is 1.38. The molecule has 5 nitrogen and oxygen atoms in total. The number of carbonyl (C=O) groups excluding carboxylic acids is 1. The number of benzene rings is 3. The fraction of sp³-hybridized carbons (Fsp3) is 0.0741. The van der Waals surface area contributed by atoms with Crippen LogP contribution in [0.15, 0.2) is 95.9 Å². The smallest absolute Gasteiger partial charge is 0.257 e. The van der Waals surface area contributed by atoms with E-state index in [0.717, 1.165) is 33.3 Å². The summed E-state index contributed by atoms with van der Waals surface area (Å²) in [6.45, 7) is 0. The van der Waals surface area contributed by atoms with Gasteiger partial charge in [0.2, 0.25) is 0 Å². The van der Waals surface area contributed by atoms with Crippen molar-refractivity contribution in [2.24, 2.45) is 0 Å². The number of pyridine rings is 2. The van der Waals surface area contributed by atoms with Gasteiger partial charge in [0, 0.05) is 40.9 Å². The van der Waals surface area contributed by atoms with E-state index in [4.69, 9.17) is 0 Å². The third kappa shape index (κ3) is 4.01. The van der Waals surface area contributed by atoms with Crippen molar-refractivity contribution >= 4 is 39.0 Å². The SMILES string of the molecule is O=C(Cc1ccccc1)Cc1ccc(Nc2ccnc3[nH]c(=O)c4ccccc4c23)cc1. The van der Waals surface area contributed by atoms with E-state index in [9.17, 15) is 9.59 Å². The molecule has 0 aliphatic rings. The fourth-order valence-corrected chi connectivity index (χ4v) is 3.98. The Labute approximate surface area is 184 Å². The van der Waals surface area contributed by atoms with Crippen molar-refractivity contribution in [3.8, 4) is 0 Å². The minimum absolute atomic E-state index is 0.151. The molecular formula is C27H21N3O2. The number of anilines is 2. The quantitative estimate of drug-likeness (QED) is 0.372. The molecule has 3 aromatic carbocycles. The number of rotatable bonds is 6. The first-order chi connectivity index (χ1) is 15.7. The lowest BCUT2D eigenvalue weighted by Gasteiger charge is -2.12.